The van der Waals surface area contributed by atoms with Gasteiger partial charge in [0.15, 0.2) is 0 Å². The maximum Gasteiger partial charge on any atom is 0.222 e. The monoisotopic (exact) mass is 291 g/mol. The first-order valence-electron chi connectivity index (χ1n) is 8.13. The van der Waals surface area contributed by atoms with Crippen molar-refractivity contribution in [2.24, 2.45) is 5.92 Å². The van der Waals surface area contributed by atoms with Crippen LogP contribution < -0.4 is 0 Å². The quantitative estimate of drug-likeness (QED) is 0.927. The number of aromatic amines is 1. The van der Waals surface area contributed by atoms with Crippen molar-refractivity contribution >= 4 is 5.91 Å². The molecule has 1 aliphatic carbocycles. The molecule has 0 spiro atoms. The van der Waals surface area contributed by atoms with Crippen molar-refractivity contribution in [1.82, 2.24) is 14.9 Å². The third-order valence-electron chi connectivity index (χ3n) is 4.69. The standard InChI is InChI=1S/C16H25N3O2/c1-12-10-17-16(18-12)14-11-19(8-9-21-14)15(20)7-6-13-4-2-3-5-13/h10,13-14H,2-9,11H2,1H3,(H,17,18). The molecule has 2 aliphatic rings. The van der Waals surface area contributed by atoms with Crippen LogP contribution in [0.15, 0.2) is 6.20 Å². The number of amides is 1. The van der Waals surface area contributed by atoms with Crippen LogP contribution in [0, 0.1) is 12.8 Å². The van der Waals surface area contributed by atoms with E-state index in [0.717, 1.165) is 23.9 Å². The first-order chi connectivity index (χ1) is 10.2. The number of hydrogen-bond donors (Lipinski definition) is 1. The highest BCUT2D eigenvalue weighted by Gasteiger charge is 2.27. The van der Waals surface area contributed by atoms with E-state index >= 15 is 0 Å². The SMILES string of the molecule is Cc1cnc(C2CN(C(=O)CCC3CCCC3)CCO2)[nH]1. The smallest absolute Gasteiger partial charge is 0.222 e. The van der Waals surface area contributed by atoms with E-state index < -0.39 is 0 Å². The van der Waals surface area contributed by atoms with Gasteiger partial charge in [-0.3, -0.25) is 4.79 Å². The van der Waals surface area contributed by atoms with E-state index in [0.29, 0.717) is 26.1 Å². The lowest BCUT2D eigenvalue weighted by molar-refractivity contribution is -0.139. The van der Waals surface area contributed by atoms with Gasteiger partial charge in [-0.25, -0.2) is 4.98 Å². The number of carbonyl (C=O) groups is 1. The summed E-state index contributed by atoms with van der Waals surface area (Å²) in [6, 6.07) is 0. The first kappa shape index (κ1) is 14.6. The molecule has 0 bridgehead atoms. The normalized spacial score (nSPS) is 23.7. The summed E-state index contributed by atoms with van der Waals surface area (Å²) < 4.78 is 5.75. The molecular weight excluding hydrogens is 266 g/mol. The molecule has 1 aliphatic heterocycles. The minimum Gasteiger partial charge on any atom is -0.367 e. The van der Waals surface area contributed by atoms with Crippen molar-refractivity contribution in [1.29, 1.82) is 0 Å². The molecule has 1 atom stereocenters. The molecule has 2 fully saturated rings. The Hall–Kier alpha value is -1.36. The molecule has 1 saturated carbocycles. The Morgan fingerprint density at radius 2 is 2.29 bits per heavy atom. The summed E-state index contributed by atoms with van der Waals surface area (Å²) in [7, 11) is 0. The average molecular weight is 291 g/mol. The van der Waals surface area contributed by atoms with Crippen LogP contribution in [0.25, 0.3) is 0 Å². The summed E-state index contributed by atoms with van der Waals surface area (Å²) in [5, 5.41) is 0. The van der Waals surface area contributed by atoms with E-state index in [9.17, 15) is 4.79 Å². The fourth-order valence-electron chi connectivity index (χ4n) is 3.42. The average Bonchev–Trinajstić information content (AvgIpc) is 3.16. The van der Waals surface area contributed by atoms with Gasteiger partial charge < -0.3 is 14.6 Å². The Morgan fingerprint density at radius 3 is 3.00 bits per heavy atom. The van der Waals surface area contributed by atoms with E-state index in [4.69, 9.17) is 4.74 Å². The second-order valence-corrected chi connectivity index (χ2v) is 6.34. The van der Waals surface area contributed by atoms with Gasteiger partial charge in [-0.2, -0.15) is 0 Å². The lowest BCUT2D eigenvalue weighted by Crippen LogP contribution is -2.42. The molecule has 1 amide bonds. The number of carbonyl (C=O) groups excluding carboxylic acids is 1. The van der Waals surface area contributed by atoms with Gasteiger partial charge in [0.2, 0.25) is 5.91 Å². The van der Waals surface area contributed by atoms with Crippen molar-refractivity contribution < 1.29 is 9.53 Å². The van der Waals surface area contributed by atoms with E-state index in [2.05, 4.69) is 9.97 Å². The van der Waals surface area contributed by atoms with Crippen LogP contribution in [0.3, 0.4) is 0 Å². The summed E-state index contributed by atoms with van der Waals surface area (Å²) in [5.41, 5.74) is 1.03. The van der Waals surface area contributed by atoms with Crippen LogP contribution in [0.1, 0.15) is 56.1 Å². The lowest BCUT2D eigenvalue weighted by atomic mass is 10.0. The number of aromatic nitrogens is 2. The van der Waals surface area contributed by atoms with E-state index in [1.165, 1.54) is 25.7 Å². The zero-order valence-electron chi connectivity index (χ0n) is 12.8. The second-order valence-electron chi connectivity index (χ2n) is 6.34. The Balaban J connectivity index is 1.51. The molecule has 1 saturated heterocycles. The Bertz CT molecular complexity index is 480. The molecule has 1 aromatic rings. The first-order valence-corrected chi connectivity index (χ1v) is 8.13. The van der Waals surface area contributed by atoms with Crippen LogP contribution in [0.2, 0.25) is 0 Å². The number of ether oxygens (including phenoxy) is 1. The zero-order valence-corrected chi connectivity index (χ0v) is 12.8. The van der Waals surface area contributed by atoms with E-state index in [1.807, 2.05) is 11.8 Å². The summed E-state index contributed by atoms with van der Waals surface area (Å²) in [6.07, 6.45) is 8.75. The third kappa shape index (κ3) is 3.64. The highest BCUT2D eigenvalue weighted by Crippen LogP contribution is 2.29. The Labute approximate surface area is 126 Å². The van der Waals surface area contributed by atoms with Gasteiger partial charge in [0.1, 0.15) is 11.9 Å². The van der Waals surface area contributed by atoms with Gasteiger partial charge in [-0.1, -0.05) is 25.7 Å². The van der Waals surface area contributed by atoms with Gasteiger partial charge >= 0.3 is 0 Å². The van der Waals surface area contributed by atoms with Crippen molar-refractivity contribution in [3.05, 3.63) is 17.7 Å². The molecule has 21 heavy (non-hydrogen) atoms. The topological polar surface area (TPSA) is 58.2 Å². The second kappa shape index (κ2) is 6.60. The number of H-pyrrole nitrogens is 1. The maximum absolute atomic E-state index is 12.4. The minimum absolute atomic E-state index is 0.108. The molecule has 5 heteroatoms. The number of imidazole rings is 1. The fourth-order valence-corrected chi connectivity index (χ4v) is 3.42. The molecule has 5 nitrogen and oxygen atoms in total. The molecule has 1 aromatic heterocycles. The van der Waals surface area contributed by atoms with Crippen LogP contribution in [-0.2, 0) is 9.53 Å². The summed E-state index contributed by atoms with van der Waals surface area (Å²) in [4.78, 5) is 21.9. The molecule has 1 N–H and O–H groups in total. The molecule has 3 rings (SSSR count). The fraction of sp³-hybridized carbons (Fsp3) is 0.750. The summed E-state index contributed by atoms with van der Waals surface area (Å²) in [6.45, 7) is 3.90. The van der Waals surface area contributed by atoms with Crippen molar-refractivity contribution in [2.45, 2.75) is 51.6 Å². The number of hydrogen-bond acceptors (Lipinski definition) is 3. The molecule has 2 heterocycles. The number of rotatable bonds is 4. The van der Waals surface area contributed by atoms with Crippen LogP contribution >= 0.6 is 0 Å². The third-order valence-corrected chi connectivity index (χ3v) is 4.69. The zero-order chi connectivity index (χ0) is 14.7. The minimum atomic E-state index is -0.108. The van der Waals surface area contributed by atoms with Crippen molar-refractivity contribution in [3.63, 3.8) is 0 Å². The van der Waals surface area contributed by atoms with Crippen LogP contribution in [-0.4, -0.2) is 40.5 Å². The highest BCUT2D eigenvalue weighted by atomic mass is 16.5. The van der Waals surface area contributed by atoms with Crippen molar-refractivity contribution in [2.75, 3.05) is 19.7 Å². The molecule has 1 unspecified atom stereocenters. The van der Waals surface area contributed by atoms with Gasteiger partial charge in [0, 0.05) is 24.9 Å². The summed E-state index contributed by atoms with van der Waals surface area (Å²) in [5.74, 6) is 1.89. The number of aryl methyl sites for hydroxylation is 1. The van der Waals surface area contributed by atoms with Gasteiger partial charge in [0.25, 0.3) is 0 Å². The Morgan fingerprint density at radius 1 is 1.48 bits per heavy atom. The van der Waals surface area contributed by atoms with Crippen LogP contribution in [0.5, 0.6) is 0 Å². The number of nitrogens with one attached hydrogen (secondary N) is 1. The van der Waals surface area contributed by atoms with E-state index in [1.54, 1.807) is 6.20 Å². The maximum atomic E-state index is 12.4. The largest absolute Gasteiger partial charge is 0.367 e. The number of morpholine rings is 1. The van der Waals surface area contributed by atoms with Gasteiger partial charge in [-0.15, -0.1) is 0 Å². The van der Waals surface area contributed by atoms with Crippen LogP contribution in [0.4, 0.5) is 0 Å². The molecule has 0 radical (unpaired) electrons. The highest BCUT2D eigenvalue weighted by molar-refractivity contribution is 5.76. The molecule has 116 valence electrons. The number of nitrogens with zero attached hydrogens (tertiary/aromatic N) is 2. The molecule has 0 aromatic carbocycles. The van der Waals surface area contributed by atoms with E-state index in [-0.39, 0.29) is 12.0 Å². The lowest BCUT2D eigenvalue weighted by Gasteiger charge is -2.32. The van der Waals surface area contributed by atoms with Crippen molar-refractivity contribution in [3.8, 4) is 0 Å². The summed E-state index contributed by atoms with van der Waals surface area (Å²) >= 11 is 0. The van der Waals surface area contributed by atoms with Gasteiger partial charge in [0.05, 0.1) is 13.2 Å². The molecular formula is C16H25N3O2. The van der Waals surface area contributed by atoms with Gasteiger partial charge in [-0.05, 0) is 19.3 Å². The Kier molecular flexibility index (Phi) is 4.58. The predicted molar refractivity (Wildman–Crippen MR) is 79.8 cm³/mol. The predicted octanol–water partition coefficient (Wildman–Crippen LogP) is 2.59.